The van der Waals surface area contributed by atoms with Crippen molar-refractivity contribution in [3.05, 3.63) is 52.9 Å². The molecule has 0 saturated carbocycles. The monoisotopic (exact) mass is 486 g/mol. The zero-order valence-electron chi connectivity index (χ0n) is 16.0. The lowest BCUT2D eigenvalue weighted by Gasteiger charge is -2.26. The summed E-state index contributed by atoms with van der Waals surface area (Å²) in [5.74, 6) is 0.797. The average Bonchev–Trinajstić information content (AvgIpc) is 3.17. The van der Waals surface area contributed by atoms with Crippen LogP contribution in [0.1, 0.15) is 5.69 Å². The molecular weight excluding hydrogens is 468 g/mol. The topological polar surface area (TPSA) is 106 Å². The number of fused-ring (bicyclic) bond motifs is 2. The molecule has 30 heavy (non-hydrogen) atoms. The Morgan fingerprint density at radius 2 is 1.90 bits per heavy atom. The molecule has 0 spiro atoms. The third-order valence-electron chi connectivity index (χ3n) is 5.40. The van der Waals surface area contributed by atoms with Crippen molar-refractivity contribution >= 4 is 48.1 Å². The van der Waals surface area contributed by atoms with E-state index < -0.39 is 9.84 Å². The Balaban J connectivity index is 1.56. The second-order valence-electron chi connectivity index (χ2n) is 7.40. The van der Waals surface area contributed by atoms with Crippen LogP contribution in [0.4, 0.5) is 5.82 Å². The normalized spacial score (nSPS) is 17.0. The fraction of sp³-hybridized carbons (Fsp3) is 0.250. The summed E-state index contributed by atoms with van der Waals surface area (Å²) in [6, 6.07) is 10.00. The summed E-state index contributed by atoms with van der Waals surface area (Å²) in [7, 11) is -2.93. The summed E-state index contributed by atoms with van der Waals surface area (Å²) in [5.41, 5.74) is 10.4. The molecule has 0 aliphatic carbocycles. The molecule has 5 rings (SSSR count). The van der Waals surface area contributed by atoms with Crippen molar-refractivity contribution in [2.75, 3.05) is 30.3 Å². The summed E-state index contributed by atoms with van der Waals surface area (Å²) in [5, 5.41) is 5.46. The van der Waals surface area contributed by atoms with E-state index in [9.17, 15) is 8.42 Å². The average molecular weight is 487 g/mol. The van der Waals surface area contributed by atoms with E-state index in [2.05, 4.69) is 37.0 Å². The van der Waals surface area contributed by atoms with Gasteiger partial charge in [-0.15, -0.1) is 0 Å². The molecule has 4 aromatic rings. The number of nitrogen functional groups attached to an aromatic ring is 1. The van der Waals surface area contributed by atoms with E-state index >= 15 is 0 Å². The van der Waals surface area contributed by atoms with E-state index in [1.54, 1.807) is 10.7 Å². The van der Waals surface area contributed by atoms with Crippen LogP contribution in [0.3, 0.4) is 0 Å². The van der Waals surface area contributed by atoms with Gasteiger partial charge in [0.15, 0.2) is 15.5 Å². The van der Waals surface area contributed by atoms with Gasteiger partial charge in [0.05, 0.1) is 33.4 Å². The van der Waals surface area contributed by atoms with Crippen molar-refractivity contribution < 1.29 is 8.42 Å². The van der Waals surface area contributed by atoms with Crippen LogP contribution in [0, 0.1) is 0 Å². The Morgan fingerprint density at radius 3 is 2.70 bits per heavy atom. The highest BCUT2D eigenvalue weighted by Gasteiger charge is 2.24. The molecule has 0 unspecified atom stereocenters. The lowest BCUT2D eigenvalue weighted by atomic mass is 10.1. The van der Waals surface area contributed by atoms with E-state index in [4.69, 9.17) is 10.7 Å². The number of nitrogens with zero attached hydrogens (tertiary/aromatic N) is 5. The summed E-state index contributed by atoms with van der Waals surface area (Å²) in [6.07, 6.45) is 3.56. The van der Waals surface area contributed by atoms with Gasteiger partial charge < -0.3 is 5.73 Å². The van der Waals surface area contributed by atoms with Gasteiger partial charge in [0.1, 0.15) is 5.82 Å². The summed E-state index contributed by atoms with van der Waals surface area (Å²) in [6.45, 7) is 1.49. The van der Waals surface area contributed by atoms with Gasteiger partial charge in [-0.05, 0) is 28.1 Å². The largest absolute Gasteiger partial charge is 0.383 e. The van der Waals surface area contributed by atoms with Gasteiger partial charge >= 0.3 is 0 Å². The van der Waals surface area contributed by atoms with E-state index in [1.807, 2.05) is 30.5 Å². The molecule has 4 heterocycles. The molecule has 2 N–H and O–H groups in total. The van der Waals surface area contributed by atoms with E-state index in [0.29, 0.717) is 35.6 Å². The predicted octanol–water partition coefficient (Wildman–Crippen LogP) is 2.52. The first-order valence-corrected chi connectivity index (χ1v) is 12.1. The molecule has 0 bridgehead atoms. The van der Waals surface area contributed by atoms with Crippen molar-refractivity contribution in [2.45, 2.75) is 6.54 Å². The summed E-state index contributed by atoms with van der Waals surface area (Å²) < 4.78 is 25.7. The van der Waals surface area contributed by atoms with Gasteiger partial charge in [-0.2, -0.15) is 9.61 Å². The van der Waals surface area contributed by atoms with Crippen LogP contribution in [-0.2, 0) is 16.4 Å². The van der Waals surface area contributed by atoms with Crippen LogP contribution >= 0.6 is 15.9 Å². The van der Waals surface area contributed by atoms with Crippen molar-refractivity contribution in [2.24, 2.45) is 0 Å². The predicted molar refractivity (Wildman–Crippen MR) is 120 cm³/mol. The molecular formula is C20H19BrN6O2S. The molecule has 1 aliphatic rings. The lowest BCUT2D eigenvalue weighted by Crippen LogP contribution is -2.40. The van der Waals surface area contributed by atoms with Crippen LogP contribution in [-0.4, -0.2) is 57.5 Å². The fourth-order valence-electron chi connectivity index (χ4n) is 3.69. The second-order valence-corrected chi connectivity index (χ2v) is 10.5. The van der Waals surface area contributed by atoms with Crippen LogP contribution < -0.4 is 5.73 Å². The first-order valence-electron chi connectivity index (χ1n) is 9.51. The zero-order chi connectivity index (χ0) is 20.9. The molecule has 0 amide bonds. The van der Waals surface area contributed by atoms with Gasteiger partial charge in [-0.1, -0.05) is 18.2 Å². The molecule has 1 fully saturated rings. The quantitative estimate of drug-likeness (QED) is 0.473. The third kappa shape index (κ3) is 3.44. The number of pyridine rings is 1. The number of benzene rings is 1. The SMILES string of the molecule is Nc1c(Br)c(CN2CCS(=O)(=O)CC2)nc2c(-c3cnc4ccccc4c3)cnn12. The van der Waals surface area contributed by atoms with Gasteiger partial charge in [0.25, 0.3) is 0 Å². The van der Waals surface area contributed by atoms with Crippen LogP contribution in [0.5, 0.6) is 0 Å². The Morgan fingerprint density at radius 1 is 1.13 bits per heavy atom. The highest BCUT2D eigenvalue weighted by atomic mass is 79.9. The summed E-state index contributed by atoms with van der Waals surface area (Å²) >= 11 is 3.54. The van der Waals surface area contributed by atoms with Crippen molar-refractivity contribution in [1.29, 1.82) is 0 Å². The molecule has 8 nitrogen and oxygen atoms in total. The second kappa shape index (κ2) is 7.29. The Labute approximate surface area is 181 Å². The lowest BCUT2D eigenvalue weighted by molar-refractivity contribution is 0.284. The smallest absolute Gasteiger partial charge is 0.165 e. The van der Waals surface area contributed by atoms with Gasteiger partial charge in [0, 0.05) is 42.3 Å². The van der Waals surface area contributed by atoms with E-state index in [0.717, 1.165) is 27.7 Å². The highest BCUT2D eigenvalue weighted by molar-refractivity contribution is 9.10. The number of hydrogen-bond acceptors (Lipinski definition) is 7. The van der Waals surface area contributed by atoms with Crippen molar-refractivity contribution in [1.82, 2.24) is 24.5 Å². The van der Waals surface area contributed by atoms with Gasteiger partial charge in [-0.25, -0.2) is 13.4 Å². The minimum atomic E-state index is -2.93. The molecule has 1 saturated heterocycles. The minimum absolute atomic E-state index is 0.170. The van der Waals surface area contributed by atoms with Gasteiger partial charge in [0.2, 0.25) is 0 Å². The van der Waals surface area contributed by atoms with E-state index in [-0.39, 0.29) is 11.5 Å². The molecule has 154 valence electrons. The number of hydrogen-bond donors (Lipinski definition) is 1. The number of anilines is 1. The van der Waals surface area contributed by atoms with E-state index in [1.165, 1.54) is 0 Å². The first-order chi connectivity index (χ1) is 14.4. The van der Waals surface area contributed by atoms with Crippen LogP contribution in [0.2, 0.25) is 0 Å². The van der Waals surface area contributed by atoms with Crippen molar-refractivity contribution in [3.63, 3.8) is 0 Å². The number of aromatic nitrogens is 4. The maximum atomic E-state index is 11.7. The number of rotatable bonds is 3. The van der Waals surface area contributed by atoms with Gasteiger partial charge in [-0.3, -0.25) is 9.88 Å². The number of halogens is 1. The molecule has 0 radical (unpaired) electrons. The molecule has 3 aromatic heterocycles. The molecule has 0 atom stereocenters. The third-order valence-corrected chi connectivity index (χ3v) is 7.88. The Bertz CT molecular complexity index is 1370. The number of sulfone groups is 1. The number of para-hydroxylation sites is 1. The highest BCUT2D eigenvalue weighted by Crippen LogP contribution is 2.31. The first kappa shape index (κ1) is 19.4. The zero-order valence-corrected chi connectivity index (χ0v) is 18.4. The van der Waals surface area contributed by atoms with Crippen molar-refractivity contribution in [3.8, 4) is 11.1 Å². The minimum Gasteiger partial charge on any atom is -0.383 e. The summed E-state index contributed by atoms with van der Waals surface area (Å²) in [4.78, 5) is 11.5. The maximum absolute atomic E-state index is 11.7. The fourth-order valence-corrected chi connectivity index (χ4v) is 5.35. The molecule has 1 aromatic carbocycles. The van der Waals surface area contributed by atoms with Crippen LogP contribution in [0.15, 0.2) is 47.2 Å². The molecule has 10 heteroatoms. The molecule has 1 aliphatic heterocycles. The Kier molecular flexibility index (Phi) is 4.72. The number of nitrogens with two attached hydrogens (primary N) is 1. The van der Waals surface area contributed by atoms with Crippen LogP contribution in [0.25, 0.3) is 27.7 Å². The Hall–Kier alpha value is -2.56. The maximum Gasteiger partial charge on any atom is 0.165 e. The standard InChI is InChI=1S/C20H19BrN6O2S/c21-18-17(12-26-5-7-30(28,29)8-6-26)25-20-15(11-24-27(20)19(18)22)14-9-13-3-1-2-4-16(13)23-10-14/h1-4,9-11H,5-8,12,22H2.